The van der Waals surface area contributed by atoms with Crippen molar-refractivity contribution in [2.75, 3.05) is 0 Å². The molecule has 0 aromatic rings. The molecule has 48 valence electrons. The first-order chi connectivity index (χ1) is 3.41. The fourth-order valence-electron chi connectivity index (χ4n) is 0. The Morgan fingerprint density at radius 2 is 1.38 bits per heavy atom. The van der Waals surface area contributed by atoms with Crippen LogP contribution >= 0.6 is 0 Å². The zero-order chi connectivity index (χ0) is 7.21. The molecule has 0 aromatic carbocycles. The number of rotatable bonds is 0. The van der Waals surface area contributed by atoms with Crippen LogP contribution in [0.4, 0.5) is 0 Å². The Kier molecular flexibility index (Phi) is 5.51. The van der Waals surface area contributed by atoms with Crippen molar-refractivity contribution >= 4 is 10.4 Å². The number of aliphatic hydroxyl groups excluding tert-OH is 1. The van der Waals surface area contributed by atoms with Crippen LogP contribution in [0.1, 0.15) is 0 Å². The Labute approximate surface area is 45.6 Å². The molecule has 0 aromatic heterocycles. The van der Waals surface area contributed by atoms with Crippen LogP contribution in [0, 0.1) is 11.5 Å². The maximum atomic E-state index is 8.74. The summed E-state index contributed by atoms with van der Waals surface area (Å²) in [5, 5.41) is 13.8. The van der Waals surface area contributed by atoms with E-state index in [1.807, 2.05) is 0 Å². The molecule has 0 heterocycles. The largest absolute Gasteiger partial charge is 0.443 e. The van der Waals surface area contributed by atoms with Gasteiger partial charge in [-0.1, -0.05) is 0 Å². The van der Waals surface area contributed by atoms with Gasteiger partial charge in [0.05, 0.1) is 0 Å². The normalized spacial score (nSPS) is 8.12. The van der Waals surface area contributed by atoms with Crippen molar-refractivity contribution in [1.82, 2.24) is 0 Å². The Morgan fingerprint density at radius 1 is 1.38 bits per heavy atom. The van der Waals surface area contributed by atoms with Gasteiger partial charge in [0.25, 0.3) is 6.26 Å². The summed E-state index contributed by atoms with van der Waals surface area (Å²) in [6, 6.07) is 0. The molecule has 7 heteroatoms. The first kappa shape index (κ1) is 10.2. The zero-order valence-electron chi connectivity index (χ0n) is 3.51. The molecule has 0 rings (SSSR count). The van der Waals surface area contributed by atoms with Crippen molar-refractivity contribution < 1.29 is 22.6 Å². The molecule has 0 aliphatic rings. The smallest absolute Gasteiger partial charge is 0.394 e. The van der Waals surface area contributed by atoms with Crippen molar-refractivity contribution in [2.24, 2.45) is 0 Å². The van der Waals surface area contributed by atoms with Crippen molar-refractivity contribution in [3.05, 3.63) is 0 Å². The maximum absolute atomic E-state index is 8.74. The van der Waals surface area contributed by atoms with E-state index in [1.165, 1.54) is 0 Å². The van der Waals surface area contributed by atoms with Crippen LogP contribution in [-0.4, -0.2) is 22.6 Å². The summed E-state index contributed by atoms with van der Waals surface area (Å²) in [7, 11) is -4.67. The van der Waals surface area contributed by atoms with Gasteiger partial charge in [-0.3, -0.25) is 9.11 Å². The fourth-order valence-corrected chi connectivity index (χ4v) is 0. The highest BCUT2D eigenvalue weighted by atomic mass is 32.3. The van der Waals surface area contributed by atoms with E-state index in [9.17, 15) is 0 Å². The van der Waals surface area contributed by atoms with Gasteiger partial charge < -0.3 is 5.11 Å². The molecule has 0 saturated heterocycles. The van der Waals surface area contributed by atoms with Gasteiger partial charge in [-0.2, -0.15) is 13.7 Å². The van der Waals surface area contributed by atoms with Crippen molar-refractivity contribution in [3.8, 4) is 6.26 Å². The van der Waals surface area contributed by atoms with Gasteiger partial charge in [0.1, 0.15) is 0 Å². The average molecular weight is 141 g/mol. The van der Waals surface area contributed by atoms with Crippen LogP contribution in [0.15, 0.2) is 0 Å². The summed E-state index contributed by atoms with van der Waals surface area (Å²) < 4.78 is 31.6. The predicted molar refractivity (Wildman–Crippen MR) is 21.7 cm³/mol. The molecule has 0 bridgehead atoms. The van der Waals surface area contributed by atoms with Gasteiger partial charge in [0.2, 0.25) is 0 Å². The van der Waals surface area contributed by atoms with E-state index < -0.39 is 10.4 Å². The van der Waals surface area contributed by atoms with E-state index >= 15 is 0 Å². The molecule has 0 unspecified atom stereocenters. The summed E-state index contributed by atoms with van der Waals surface area (Å²) in [5.41, 5.74) is 0. The summed E-state index contributed by atoms with van der Waals surface area (Å²) in [5.74, 6) is 0. The molecule has 8 heavy (non-hydrogen) atoms. The molecule has 3 N–H and O–H groups in total. The van der Waals surface area contributed by atoms with Gasteiger partial charge in [0.15, 0.2) is 0 Å². The average Bonchev–Trinajstić information content (AvgIpc) is 1.27. The third-order valence-corrected chi connectivity index (χ3v) is 0. The standard InChI is InChI=1S/CHNO.H2O4S/c2-1-3;1-5(2,3)4/h3H;(H2,1,2,3,4). The first-order valence-electron chi connectivity index (χ1n) is 1.15. The molecule has 0 fully saturated rings. The Balaban J connectivity index is 0. The highest BCUT2D eigenvalue weighted by Crippen LogP contribution is 1.59. The zero-order valence-corrected chi connectivity index (χ0v) is 4.33. The topological polar surface area (TPSA) is 119 Å². The lowest BCUT2D eigenvalue weighted by Crippen LogP contribution is -1.89. The molecule has 0 radical (unpaired) electrons. The van der Waals surface area contributed by atoms with Crippen LogP contribution in [0.2, 0.25) is 0 Å². The second-order valence-corrected chi connectivity index (χ2v) is 1.44. The number of nitriles is 1. The second-order valence-electron chi connectivity index (χ2n) is 0.548. The van der Waals surface area contributed by atoms with Gasteiger partial charge in [-0.25, -0.2) is 0 Å². The van der Waals surface area contributed by atoms with Crippen molar-refractivity contribution in [1.29, 1.82) is 5.26 Å². The molecule has 0 atom stereocenters. The Morgan fingerprint density at radius 3 is 1.38 bits per heavy atom. The van der Waals surface area contributed by atoms with Crippen molar-refractivity contribution in [3.63, 3.8) is 0 Å². The highest BCUT2D eigenvalue weighted by molar-refractivity contribution is 7.79. The maximum Gasteiger partial charge on any atom is 0.394 e. The lowest BCUT2D eigenvalue weighted by molar-refractivity contribution is 0.381. The van der Waals surface area contributed by atoms with Gasteiger partial charge in [0, 0.05) is 0 Å². The molecule has 0 amide bonds. The van der Waals surface area contributed by atoms with E-state index in [1.54, 1.807) is 0 Å². The third kappa shape index (κ3) is 127. The molecule has 6 nitrogen and oxygen atoms in total. The monoisotopic (exact) mass is 141 g/mol. The lowest BCUT2D eigenvalue weighted by atomic mass is 11.6. The van der Waals surface area contributed by atoms with Crippen LogP contribution in [0.3, 0.4) is 0 Å². The van der Waals surface area contributed by atoms with Gasteiger partial charge >= 0.3 is 10.4 Å². The van der Waals surface area contributed by atoms with Crippen LogP contribution < -0.4 is 0 Å². The van der Waals surface area contributed by atoms with E-state index in [2.05, 4.69) is 0 Å². The van der Waals surface area contributed by atoms with E-state index in [-0.39, 0.29) is 0 Å². The quantitative estimate of drug-likeness (QED) is 0.299. The molecule has 0 spiro atoms. The molecule has 0 saturated carbocycles. The minimum Gasteiger partial charge on any atom is -0.443 e. The summed E-state index contributed by atoms with van der Waals surface area (Å²) in [6.45, 7) is 0. The van der Waals surface area contributed by atoms with E-state index in [0.717, 1.165) is 6.26 Å². The van der Waals surface area contributed by atoms with Crippen LogP contribution in [-0.2, 0) is 10.4 Å². The summed E-state index contributed by atoms with van der Waals surface area (Å²) in [6.07, 6.45) is 0.750. The number of hydrogen-bond acceptors (Lipinski definition) is 4. The third-order valence-electron chi connectivity index (χ3n) is 0. The molecule has 0 aliphatic carbocycles. The minimum atomic E-state index is -4.67. The number of hydrogen-bond donors (Lipinski definition) is 3. The molecular formula is CH3NO5S. The lowest BCUT2D eigenvalue weighted by Gasteiger charge is -1.68. The summed E-state index contributed by atoms with van der Waals surface area (Å²) >= 11 is 0. The second kappa shape index (κ2) is 4.32. The Hall–Kier alpha value is -0.840. The Bertz CT molecular complexity index is 153. The minimum absolute atomic E-state index is 0.750. The molecular weight excluding hydrogens is 138 g/mol. The number of nitrogens with zero attached hydrogens (tertiary/aromatic N) is 1. The van der Waals surface area contributed by atoms with Gasteiger partial charge in [-0.15, -0.1) is 0 Å². The van der Waals surface area contributed by atoms with Crippen molar-refractivity contribution in [2.45, 2.75) is 0 Å². The number of aliphatic hydroxyl groups is 1. The summed E-state index contributed by atoms with van der Waals surface area (Å²) in [4.78, 5) is 0. The van der Waals surface area contributed by atoms with E-state index in [4.69, 9.17) is 27.9 Å². The first-order valence-corrected chi connectivity index (χ1v) is 2.54. The SMILES string of the molecule is N#CO.O=S(=O)(O)O. The predicted octanol–water partition coefficient (Wildman–Crippen LogP) is -0.813. The van der Waals surface area contributed by atoms with Crippen LogP contribution in [0.5, 0.6) is 0 Å². The fraction of sp³-hybridized carbons (Fsp3) is 0. The highest BCUT2D eigenvalue weighted by Gasteiger charge is 1.84. The molecule has 0 aliphatic heterocycles. The van der Waals surface area contributed by atoms with E-state index in [0.29, 0.717) is 0 Å². The van der Waals surface area contributed by atoms with Crippen LogP contribution in [0.25, 0.3) is 0 Å². The van der Waals surface area contributed by atoms with Gasteiger partial charge in [-0.05, 0) is 0 Å².